The quantitative estimate of drug-likeness (QED) is 0.582. The largest absolute Gasteiger partial charge is 0.425 e. The Morgan fingerprint density at radius 3 is 2.54 bits per heavy atom. The number of anilines is 1. The molecule has 0 spiro atoms. The predicted molar refractivity (Wildman–Crippen MR) is 90.7 cm³/mol. The first kappa shape index (κ1) is 19.7. The van der Waals surface area contributed by atoms with Gasteiger partial charge in [0.05, 0.1) is 5.56 Å². The molecule has 0 aliphatic rings. The number of esters is 1. The summed E-state index contributed by atoms with van der Waals surface area (Å²) >= 11 is 0. The second-order valence-corrected chi connectivity index (χ2v) is 5.70. The summed E-state index contributed by atoms with van der Waals surface area (Å²) in [5, 5.41) is 11.9. The molecule has 1 aromatic carbocycles. The molecular weight excluding hydrogens is 308 g/mol. The van der Waals surface area contributed by atoms with Crippen LogP contribution in [0.15, 0.2) is 18.2 Å². The van der Waals surface area contributed by atoms with Crippen molar-refractivity contribution in [3.8, 4) is 11.8 Å². The highest BCUT2D eigenvalue weighted by Crippen LogP contribution is 2.25. The fourth-order valence-electron chi connectivity index (χ4n) is 2.26. The Morgan fingerprint density at radius 1 is 1.29 bits per heavy atom. The number of benzene rings is 1. The van der Waals surface area contributed by atoms with Crippen molar-refractivity contribution in [2.75, 3.05) is 11.9 Å². The first-order chi connectivity index (χ1) is 11.4. The molecule has 0 heterocycles. The SMILES string of the molecule is CCCO[C@](C)(CCC)C(=O)Nc1ccc(OC(C)=O)c(C#N)c1. The maximum atomic E-state index is 12.6. The molecule has 0 saturated carbocycles. The van der Waals surface area contributed by atoms with E-state index in [2.05, 4.69) is 5.32 Å². The minimum absolute atomic E-state index is 0.168. The van der Waals surface area contributed by atoms with Crippen molar-refractivity contribution >= 4 is 17.6 Å². The van der Waals surface area contributed by atoms with Gasteiger partial charge in [-0.3, -0.25) is 9.59 Å². The monoisotopic (exact) mass is 332 g/mol. The second kappa shape index (κ2) is 9.04. The number of amides is 1. The number of hydrogen-bond acceptors (Lipinski definition) is 5. The van der Waals surface area contributed by atoms with E-state index in [0.717, 1.165) is 12.8 Å². The van der Waals surface area contributed by atoms with Crippen molar-refractivity contribution in [2.24, 2.45) is 0 Å². The predicted octanol–water partition coefficient (Wildman–Crippen LogP) is 3.41. The summed E-state index contributed by atoms with van der Waals surface area (Å²) in [4.78, 5) is 23.6. The van der Waals surface area contributed by atoms with Crippen molar-refractivity contribution in [3.05, 3.63) is 23.8 Å². The summed E-state index contributed by atoms with van der Waals surface area (Å²) in [6.07, 6.45) is 2.22. The molecule has 0 unspecified atom stereocenters. The molecule has 130 valence electrons. The van der Waals surface area contributed by atoms with Gasteiger partial charge in [-0.1, -0.05) is 20.3 Å². The highest BCUT2D eigenvalue weighted by atomic mass is 16.5. The Bertz CT molecular complexity index is 636. The van der Waals surface area contributed by atoms with E-state index >= 15 is 0 Å². The third kappa shape index (κ3) is 5.36. The number of carbonyl (C=O) groups excluding carboxylic acids is 2. The van der Waals surface area contributed by atoms with Gasteiger partial charge in [-0.25, -0.2) is 0 Å². The third-order valence-corrected chi connectivity index (χ3v) is 3.44. The molecule has 6 heteroatoms. The number of nitrogens with zero attached hydrogens (tertiary/aromatic N) is 1. The van der Waals surface area contributed by atoms with Crippen LogP contribution in [0.5, 0.6) is 5.75 Å². The Labute approximate surface area is 142 Å². The number of nitriles is 1. The molecule has 0 aliphatic carbocycles. The summed E-state index contributed by atoms with van der Waals surface area (Å²) in [6.45, 7) is 7.50. The minimum Gasteiger partial charge on any atom is -0.425 e. The van der Waals surface area contributed by atoms with Gasteiger partial charge in [0.15, 0.2) is 0 Å². The van der Waals surface area contributed by atoms with E-state index in [-0.39, 0.29) is 17.2 Å². The number of hydrogen-bond donors (Lipinski definition) is 1. The first-order valence-electron chi connectivity index (χ1n) is 8.04. The Hall–Kier alpha value is -2.39. The molecule has 1 atom stereocenters. The van der Waals surface area contributed by atoms with Crippen LogP contribution >= 0.6 is 0 Å². The topological polar surface area (TPSA) is 88.4 Å². The normalized spacial score (nSPS) is 12.8. The Balaban J connectivity index is 2.96. The van der Waals surface area contributed by atoms with Crippen LogP contribution in [0.25, 0.3) is 0 Å². The van der Waals surface area contributed by atoms with Gasteiger partial charge < -0.3 is 14.8 Å². The van der Waals surface area contributed by atoms with Gasteiger partial charge in [0.1, 0.15) is 17.4 Å². The highest BCUT2D eigenvalue weighted by Gasteiger charge is 2.33. The van der Waals surface area contributed by atoms with Crippen molar-refractivity contribution in [1.29, 1.82) is 5.26 Å². The van der Waals surface area contributed by atoms with E-state index in [9.17, 15) is 14.9 Å². The fraction of sp³-hybridized carbons (Fsp3) is 0.500. The molecule has 0 fully saturated rings. The van der Waals surface area contributed by atoms with Crippen molar-refractivity contribution < 1.29 is 19.1 Å². The zero-order chi connectivity index (χ0) is 18.2. The van der Waals surface area contributed by atoms with Crippen molar-refractivity contribution in [1.82, 2.24) is 0 Å². The molecule has 0 saturated heterocycles. The lowest BCUT2D eigenvalue weighted by Crippen LogP contribution is -2.43. The summed E-state index contributed by atoms with van der Waals surface area (Å²) in [6, 6.07) is 6.50. The summed E-state index contributed by atoms with van der Waals surface area (Å²) < 4.78 is 10.7. The summed E-state index contributed by atoms with van der Waals surface area (Å²) in [5.41, 5.74) is -0.295. The van der Waals surface area contributed by atoms with E-state index in [1.807, 2.05) is 19.9 Å². The molecule has 1 rings (SSSR count). The van der Waals surface area contributed by atoms with E-state index < -0.39 is 11.6 Å². The van der Waals surface area contributed by atoms with Gasteiger partial charge in [0.2, 0.25) is 0 Å². The van der Waals surface area contributed by atoms with Crippen molar-refractivity contribution in [2.45, 2.75) is 52.6 Å². The third-order valence-electron chi connectivity index (χ3n) is 3.44. The van der Waals surface area contributed by atoms with Gasteiger partial charge in [-0.15, -0.1) is 0 Å². The molecule has 0 radical (unpaired) electrons. The van der Waals surface area contributed by atoms with E-state index in [1.165, 1.54) is 19.1 Å². The lowest BCUT2D eigenvalue weighted by molar-refractivity contribution is -0.140. The number of rotatable bonds is 8. The Kier molecular flexibility index (Phi) is 7.40. The number of nitrogens with one attached hydrogen (secondary N) is 1. The molecule has 1 N–H and O–H groups in total. The van der Waals surface area contributed by atoms with Gasteiger partial charge in [-0.2, -0.15) is 5.26 Å². The summed E-state index contributed by atoms with van der Waals surface area (Å²) in [5.74, 6) is -0.602. The van der Waals surface area contributed by atoms with Gasteiger partial charge in [-0.05, 0) is 38.0 Å². The van der Waals surface area contributed by atoms with Crippen molar-refractivity contribution in [3.63, 3.8) is 0 Å². The molecule has 0 aromatic heterocycles. The van der Waals surface area contributed by atoms with Crippen LogP contribution in [-0.4, -0.2) is 24.1 Å². The zero-order valence-corrected chi connectivity index (χ0v) is 14.6. The van der Waals surface area contributed by atoms with E-state index in [0.29, 0.717) is 18.7 Å². The summed E-state index contributed by atoms with van der Waals surface area (Å²) in [7, 11) is 0. The molecular formula is C18H24N2O4. The van der Waals surface area contributed by atoms with Crippen LogP contribution in [0.3, 0.4) is 0 Å². The van der Waals surface area contributed by atoms with Gasteiger partial charge in [0, 0.05) is 19.2 Å². The smallest absolute Gasteiger partial charge is 0.308 e. The maximum Gasteiger partial charge on any atom is 0.308 e. The molecule has 0 aliphatic heterocycles. The highest BCUT2D eigenvalue weighted by molar-refractivity contribution is 5.97. The average molecular weight is 332 g/mol. The minimum atomic E-state index is -0.924. The standard InChI is InChI=1S/C18H24N2O4/c1-5-9-18(4,23-10-6-2)17(22)20-15-7-8-16(24-13(3)21)14(11-15)12-19/h7-8,11H,5-6,9-10H2,1-4H3,(H,20,22)/t18-/m1/s1. The van der Waals surface area contributed by atoms with Crippen LogP contribution in [0.4, 0.5) is 5.69 Å². The average Bonchev–Trinajstić information content (AvgIpc) is 2.54. The van der Waals surface area contributed by atoms with Gasteiger partial charge >= 0.3 is 5.97 Å². The van der Waals surface area contributed by atoms with Crippen LogP contribution in [0, 0.1) is 11.3 Å². The second-order valence-electron chi connectivity index (χ2n) is 5.70. The Morgan fingerprint density at radius 2 is 2.00 bits per heavy atom. The van der Waals surface area contributed by atoms with Crippen LogP contribution < -0.4 is 10.1 Å². The molecule has 0 bridgehead atoms. The number of carbonyl (C=O) groups is 2. The molecule has 1 amide bonds. The molecule has 1 aromatic rings. The van der Waals surface area contributed by atoms with E-state index in [4.69, 9.17) is 9.47 Å². The lowest BCUT2D eigenvalue weighted by atomic mass is 9.98. The van der Waals surface area contributed by atoms with Crippen LogP contribution in [-0.2, 0) is 14.3 Å². The molecule has 6 nitrogen and oxygen atoms in total. The maximum absolute atomic E-state index is 12.6. The van der Waals surface area contributed by atoms with E-state index in [1.54, 1.807) is 13.0 Å². The molecule has 24 heavy (non-hydrogen) atoms. The van der Waals surface area contributed by atoms with Crippen LogP contribution in [0.1, 0.15) is 52.5 Å². The lowest BCUT2D eigenvalue weighted by Gasteiger charge is -2.28. The van der Waals surface area contributed by atoms with Gasteiger partial charge in [0.25, 0.3) is 5.91 Å². The number of ether oxygens (including phenoxy) is 2. The van der Waals surface area contributed by atoms with Crippen LogP contribution in [0.2, 0.25) is 0 Å². The zero-order valence-electron chi connectivity index (χ0n) is 14.6. The fourth-order valence-corrected chi connectivity index (χ4v) is 2.26. The first-order valence-corrected chi connectivity index (χ1v) is 8.04.